The van der Waals surface area contributed by atoms with Crippen molar-refractivity contribution in [1.82, 2.24) is 5.43 Å². The Morgan fingerprint density at radius 2 is 1.80 bits per heavy atom. The summed E-state index contributed by atoms with van der Waals surface area (Å²) in [6.45, 7) is 4.74. The lowest BCUT2D eigenvalue weighted by Crippen LogP contribution is -2.24. The molecule has 0 aliphatic rings. The molecule has 2 N–H and O–H groups in total. The molecule has 0 saturated carbocycles. The van der Waals surface area contributed by atoms with Crippen LogP contribution in [0.2, 0.25) is 0 Å². The van der Waals surface area contributed by atoms with Crippen molar-refractivity contribution in [3.63, 3.8) is 0 Å². The molecule has 0 spiro atoms. The molecule has 2 amide bonds. The van der Waals surface area contributed by atoms with Gasteiger partial charge in [0.2, 0.25) is 11.8 Å². The third-order valence-electron chi connectivity index (χ3n) is 3.73. The van der Waals surface area contributed by atoms with Crippen LogP contribution in [-0.2, 0) is 9.59 Å². The number of para-hydroxylation sites is 2. The molecule has 0 radical (unpaired) electrons. The van der Waals surface area contributed by atoms with Gasteiger partial charge in [-0.25, -0.2) is 5.43 Å². The monoisotopic (exact) mass is 477 g/mol. The highest BCUT2D eigenvalue weighted by molar-refractivity contribution is 9.10. The van der Waals surface area contributed by atoms with E-state index >= 15 is 0 Å². The minimum Gasteiger partial charge on any atom is -0.495 e. The quantitative estimate of drug-likeness (QED) is 0.308. The van der Waals surface area contributed by atoms with Crippen LogP contribution in [0.4, 0.5) is 5.69 Å². The van der Waals surface area contributed by atoms with Crippen molar-refractivity contribution in [3.05, 3.63) is 46.4 Å². The summed E-state index contributed by atoms with van der Waals surface area (Å²) in [5.41, 5.74) is 3.52. The number of hydrazone groups is 1. The van der Waals surface area contributed by atoms with Crippen molar-refractivity contribution in [1.29, 1.82) is 0 Å². The van der Waals surface area contributed by atoms with Crippen LogP contribution >= 0.6 is 15.9 Å². The number of rotatable bonds is 10. The molecule has 2 rings (SSSR count). The normalized spacial score (nSPS) is 10.5. The van der Waals surface area contributed by atoms with Gasteiger partial charge in [0, 0.05) is 0 Å². The molecule has 0 unspecified atom stereocenters. The lowest BCUT2D eigenvalue weighted by atomic mass is 10.2. The zero-order valence-electron chi connectivity index (χ0n) is 17.0. The van der Waals surface area contributed by atoms with Crippen molar-refractivity contribution in [3.8, 4) is 17.2 Å². The molecule has 0 aliphatic heterocycles. The molecule has 0 bridgehead atoms. The number of anilines is 1. The summed E-state index contributed by atoms with van der Waals surface area (Å²) in [5.74, 6) is 0.657. The molecule has 8 nitrogen and oxygen atoms in total. The van der Waals surface area contributed by atoms with Gasteiger partial charge in [-0.05, 0) is 59.6 Å². The summed E-state index contributed by atoms with van der Waals surface area (Å²) in [7, 11) is 1.50. The minimum atomic E-state index is -0.548. The van der Waals surface area contributed by atoms with Crippen LogP contribution in [-0.4, -0.2) is 38.4 Å². The van der Waals surface area contributed by atoms with Gasteiger partial charge in [-0.1, -0.05) is 12.1 Å². The van der Waals surface area contributed by atoms with Gasteiger partial charge in [0.25, 0.3) is 0 Å². The van der Waals surface area contributed by atoms with Crippen molar-refractivity contribution < 1.29 is 23.8 Å². The first-order valence-electron chi connectivity index (χ1n) is 9.32. The molecule has 2 aromatic carbocycles. The number of methoxy groups -OCH3 is 1. The Balaban J connectivity index is 1.96. The van der Waals surface area contributed by atoms with Crippen molar-refractivity contribution in [2.45, 2.75) is 20.3 Å². The first-order chi connectivity index (χ1) is 14.5. The standard InChI is InChI=1S/C21H24BrN3O5/c1-4-29-18-11-14(10-15(22)21(18)30-5-2)13-23-25-20(27)12-19(26)24-16-8-6-7-9-17(16)28-3/h6-11,13H,4-5,12H2,1-3H3,(H,24,26)(H,25,27). The van der Waals surface area contributed by atoms with Crippen LogP contribution in [0.25, 0.3) is 0 Å². The number of ether oxygens (including phenoxy) is 3. The molecule has 0 saturated heterocycles. The van der Waals surface area contributed by atoms with Crippen LogP contribution in [0, 0.1) is 0 Å². The predicted molar refractivity (Wildman–Crippen MR) is 118 cm³/mol. The molecule has 30 heavy (non-hydrogen) atoms. The van der Waals surface area contributed by atoms with Crippen LogP contribution in [0.5, 0.6) is 17.2 Å². The maximum Gasteiger partial charge on any atom is 0.249 e. The molecular formula is C21H24BrN3O5. The number of nitrogens with zero attached hydrogens (tertiary/aromatic N) is 1. The molecule has 9 heteroatoms. The van der Waals surface area contributed by atoms with E-state index in [4.69, 9.17) is 14.2 Å². The molecule has 0 aromatic heterocycles. The van der Waals surface area contributed by atoms with Crippen molar-refractivity contribution in [2.75, 3.05) is 25.6 Å². The fraction of sp³-hybridized carbons (Fsp3) is 0.286. The Bertz CT molecular complexity index is 918. The van der Waals surface area contributed by atoms with Crippen LogP contribution < -0.4 is 25.0 Å². The van der Waals surface area contributed by atoms with Gasteiger partial charge in [-0.2, -0.15) is 5.10 Å². The zero-order valence-corrected chi connectivity index (χ0v) is 18.6. The lowest BCUT2D eigenvalue weighted by molar-refractivity contribution is -0.126. The number of carbonyl (C=O) groups is 2. The Labute approximate surface area is 183 Å². The number of amides is 2. The summed E-state index contributed by atoms with van der Waals surface area (Å²) in [4.78, 5) is 24.1. The van der Waals surface area contributed by atoms with Gasteiger partial charge in [0.1, 0.15) is 12.2 Å². The summed E-state index contributed by atoms with van der Waals surface area (Å²) in [6, 6.07) is 10.5. The lowest BCUT2D eigenvalue weighted by Gasteiger charge is -2.13. The van der Waals surface area contributed by atoms with E-state index in [1.807, 2.05) is 13.8 Å². The van der Waals surface area contributed by atoms with Gasteiger partial charge in [-0.15, -0.1) is 0 Å². The van der Waals surface area contributed by atoms with Gasteiger partial charge in [0.05, 0.1) is 36.7 Å². The van der Waals surface area contributed by atoms with E-state index < -0.39 is 11.8 Å². The van der Waals surface area contributed by atoms with E-state index in [1.54, 1.807) is 36.4 Å². The highest BCUT2D eigenvalue weighted by Crippen LogP contribution is 2.36. The summed E-state index contributed by atoms with van der Waals surface area (Å²) in [6.07, 6.45) is 1.07. The van der Waals surface area contributed by atoms with Gasteiger partial charge in [0.15, 0.2) is 11.5 Å². The maximum absolute atomic E-state index is 12.1. The largest absolute Gasteiger partial charge is 0.495 e. The smallest absolute Gasteiger partial charge is 0.249 e. The van der Waals surface area contributed by atoms with Crippen LogP contribution in [0.3, 0.4) is 0 Å². The van der Waals surface area contributed by atoms with E-state index in [2.05, 4.69) is 31.8 Å². The predicted octanol–water partition coefficient (Wildman–Crippen LogP) is 3.73. The second kappa shape index (κ2) is 11.8. The Kier molecular flexibility index (Phi) is 9.14. The van der Waals surface area contributed by atoms with E-state index in [9.17, 15) is 9.59 Å². The third-order valence-corrected chi connectivity index (χ3v) is 4.31. The number of halogens is 1. The molecule has 0 aliphatic carbocycles. The SMILES string of the molecule is CCOc1cc(C=NNC(=O)CC(=O)Nc2ccccc2OC)cc(Br)c1OCC. The van der Waals surface area contributed by atoms with Crippen LogP contribution in [0.1, 0.15) is 25.8 Å². The maximum atomic E-state index is 12.1. The Hall–Kier alpha value is -3.07. The highest BCUT2D eigenvalue weighted by atomic mass is 79.9. The average molecular weight is 478 g/mol. The third kappa shape index (κ3) is 6.77. The molecular weight excluding hydrogens is 454 g/mol. The van der Waals surface area contributed by atoms with Crippen molar-refractivity contribution in [2.24, 2.45) is 5.10 Å². The fourth-order valence-electron chi connectivity index (χ4n) is 2.52. The molecule has 0 heterocycles. The molecule has 2 aromatic rings. The number of nitrogens with one attached hydrogen (secondary N) is 2. The van der Waals surface area contributed by atoms with Gasteiger partial charge >= 0.3 is 0 Å². The Morgan fingerprint density at radius 1 is 1.07 bits per heavy atom. The van der Waals surface area contributed by atoms with Gasteiger partial charge < -0.3 is 19.5 Å². The topological polar surface area (TPSA) is 98.2 Å². The van der Waals surface area contributed by atoms with E-state index in [0.29, 0.717) is 46.2 Å². The summed E-state index contributed by atoms with van der Waals surface area (Å²) >= 11 is 3.45. The average Bonchev–Trinajstić information content (AvgIpc) is 2.71. The summed E-state index contributed by atoms with van der Waals surface area (Å²) in [5, 5.41) is 6.54. The molecule has 0 fully saturated rings. The number of hydrogen-bond donors (Lipinski definition) is 2. The Morgan fingerprint density at radius 3 is 2.50 bits per heavy atom. The minimum absolute atomic E-state index is 0.382. The fourth-order valence-corrected chi connectivity index (χ4v) is 3.09. The second-order valence-corrected chi connectivity index (χ2v) is 6.77. The van der Waals surface area contributed by atoms with Gasteiger partial charge in [-0.3, -0.25) is 9.59 Å². The van der Waals surface area contributed by atoms with E-state index in [-0.39, 0.29) is 6.42 Å². The highest BCUT2D eigenvalue weighted by Gasteiger charge is 2.13. The number of carbonyl (C=O) groups excluding carboxylic acids is 2. The van der Waals surface area contributed by atoms with E-state index in [0.717, 1.165) is 0 Å². The number of benzene rings is 2. The van der Waals surface area contributed by atoms with Crippen molar-refractivity contribution >= 4 is 39.6 Å². The van der Waals surface area contributed by atoms with Crippen LogP contribution in [0.15, 0.2) is 46.0 Å². The molecule has 160 valence electrons. The first kappa shape index (κ1) is 23.2. The zero-order chi connectivity index (χ0) is 21.9. The molecule has 0 atom stereocenters. The summed E-state index contributed by atoms with van der Waals surface area (Å²) < 4.78 is 17.1. The van der Waals surface area contributed by atoms with E-state index in [1.165, 1.54) is 13.3 Å². The second-order valence-electron chi connectivity index (χ2n) is 5.91. The first-order valence-corrected chi connectivity index (χ1v) is 10.1. The number of hydrogen-bond acceptors (Lipinski definition) is 6.